The van der Waals surface area contributed by atoms with Crippen molar-refractivity contribution in [3.05, 3.63) is 30.9 Å². The second-order valence-corrected chi connectivity index (χ2v) is 4.57. The number of H-pyrrole nitrogens is 1. The van der Waals surface area contributed by atoms with Crippen LogP contribution in [0.1, 0.15) is 0 Å². The highest BCUT2D eigenvalue weighted by Crippen LogP contribution is 2.44. The van der Waals surface area contributed by atoms with Crippen molar-refractivity contribution in [2.45, 2.75) is 0 Å². The topological polar surface area (TPSA) is 95.0 Å². The molecule has 3 heterocycles. The first-order chi connectivity index (χ1) is 10.9. The minimum Gasteiger partial charge on any atom is -0.493 e. The molecular weight excluding hydrogens is 286 g/mol. The summed E-state index contributed by atoms with van der Waals surface area (Å²) in [5, 5.41) is 10.9. The van der Waals surface area contributed by atoms with Gasteiger partial charge in [-0.25, -0.2) is 9.97 Å². The van der Waals surface area contributed by atoms with Crippen LogP contribution in [-0.4, -0.2) is 39.3 Å². The number of hydrogen-bond acceptors (Lipinski definition) is 7. The molecule has 4 rings (SSSR count). The molecule has 8 heteroatoms. The van der Waals surface area contributed by atoms with Gasteiger partial charge in [0.25, 0.3) is 0 Å². The van der Waals surface area contributed by atoms with Crippen LogP contribution in [0.25, 0.3) is 22.5 Å². The van der Waals surface area contributed by atoms with E-state index in [0.717, 1.165) is 16.8 Å². The monoisotopic (exact) mass is 297 g/mol. The molecule has 0 fully saturated rings. The lowest BCUT2D eigenvalue weighted by molar-refractivity contribution is 0.171. The molecular formula is C14H11N5O3. The van der Waals surface area contributed by atoms with Gasteiger partial charge in [-0.1, -0.05) is 5.21 Å². The Labute approximate surface area is 125 Å². The smallest absolute Gasteiger partial charge is 0.231 e. The maximum Gasteiger partial charge on any atom is 0.231 e. The highest BCUT2D eigenvalue weighted by molar-refractivity contribution is 5.79. The van der Waals surface area contributed by atoms with Crippen molar-refractivity contribution >= 4 is 0 Å². The van der Waals surface area contributed by atoms with Gasteiger partial charge in [-0.05, 0) is 12.1 Å². The van der Waals surface area contributed by atoms with E-state index in [2.05, 4.69) is 25.4 Å². The van der Waals surface area contributed by atoms with Gasteiger partial charge in [-0.15, -0.1) is 5.10 Å². The third-order valence-corrected chi connectivity index (χ3v) is 3.33. The van der Waals surface area contributed by atoms with Crippen LogP contribution < -0.4 is 14.2 Å². The molecule has 0 saturated heterocycles. The van der Waals surface area contributed by atoms with Gasteiger partial charge in [0.2, 0.25) is 12.5 Å². The third kappa shape index (κ3) is 1.93. The van der Waals surface area contributed by atoms with Gasteiger partial charge >= 0.3 is 0 Å². The molecule has 1 aromatic carbocycles. The molecule has 110 valence electrons. The van der Waals surface area contributed by atoms with E-state index in [1.807, 2.05) is 12.1 Å². The zero-order chi connectivity index (χ0) is 14.9. The first-order valence-electron chi connectivity index (χ1n) is 6.51. The number of hydrogen-bond donors (Lipinski definition) is 1. The molecule has 0 spiro atoms. The maximum atomic E-state index is 5.44. The zero-order valence-electron chi connectivity index (χ0n) is 11.6. The van der Waals surface area contributed by atoms with Crippen molar-refractivity contribution < 1.29 is 14.2 Å². The van der Waals surface area contributed by atoms with Crippen molar-refractivity contribution in [1.29, 1.82) is 0 Å². The first kappa shape index (κ1) is 12.6. The van der Waals surface area contributed by atoms with E-state index in [4.69, 9.17) is 14.2 Å². The highest BCUT2D eigenvalue weighted by Gasteiger charge is 2.23. The standard InChI is InChI=1S/C14H11N5O3/c1-20-10-2-8(3-11-14(10)22-7-21-11)12-13(18-19-17-12)9-4-15-6-16-5-9/h2-6H,7H2,1H3,(H,17,18,19). The van der Waals surface area contributed by atoms with E-state index >= 15 is 0 Å². The second kappa shape index (κ2) is 4.99. The number of aromatic amines is 1. The Bertz CT molecular complexity index is 819. The lowest BCUT2D eigenvalue weighted by atomic mass is 10.1. The normalized spacial score (nSPS) is 12.4. The van der Waals surface area contributed by atoms with Gasteiger partial charge < -0.3 is 14.2 Å². The molecule has 0 radical (unpaired) electrons. The summed E-state index contributed by atoms with van der Waals surface area (Å²) in [6, 6.07) is 3.68. The van der Waals surface area contributed by atoms with E-state index in [0.29, 0.717) is 22.9 Å². The summed E-state index contributed by atoms with van der Waals surface area (Å²) in [5.74, 6) is 1.80. The molecule has 8 nitrogen and oxygen atoms in total. The largest absolute Gasteiger partial charge is 0.493 e. The van der Waals surface area contributed by atoms with Crippen LogP contribution in [0, 0.1) is 0 Å². The Morgan fingerprint density at radius 1 is 1.14 bits per heavy atom. The van der Waals surface area contributed by atoms with Crippen LogP contribution in [0.15, 0.2) is 30.9 Å². The summed E-state index contributed by atoms with van der Waals surface area (Å²) >= 11 is 0. The summed E-state index contributed by atoms with van der Waals surface area (Å²) in [6.45, 7) is 0.174. The molecule has 1 aliphatic rings. The fourth-order valence-electron chi connectivity index (χ4n) is 2.33. The van der Waals surface area contributed by atoms with Crippen LogP contribution in [0.4, 0.5) is 0 Å². The highest BCUT2D eigenvalue weighted by atomic mass is 16.7. The Kier molecular flexibility index (Phi) is 2.85. The fraction of sp³-hybridized carbons (Fsp3) is 0.143. The van der Waals surface area contributed by atoms with E-state index in [1.165, 1.54) is 6.33 Å². The number of aromatic nitrogens is 5. The van der Waals surface area contributed by atoms with E-state index < -0.39 is 0 Å². The van der Waals surface area contributed by atoms with Crippen molar-refractivity contribution in [1.82, 2.24) is 25.4 Å². The van der Waals surface area contributed by atoms with Gasteiger partial charge in [0.15, 0.2) is 11.5 Å². The molecule has 0 unspecified atom stereocenters. The molecule has 22 heavy (non-hydrogen) atoms. The lowest BCUT2D eigenvalue weighted by Crippen LogP contribution is -1.93. The number of nitrogens with one attached hydrogen (secondary N) is 1. The first-order valence-corrected chi connectivity index (χ1v) is 6.51. The van der Waals surface area contributed by atoms with Gasteiger partial charge in [0.1, 0.15) is 12.0 Å². The summed E-state index contributed by atoms with van der Waals surface area (Å²) in [4.78, 5) is 8.02. The Balaban J connectivity index is 1.86. The second-order valence-electron chi connectivity index (χ2n) is 4.57. The maximum absolute atomic E-state index is 5.44. The molecule has 0 atom stereocenters. The molecule has 0 amide bonds. The summed E-state index contributed by atoms with van der Waals surface area (Å²) in [7, 11) is 1.58. The van der Waals surface area contributed by atoms with Crippen LogP contribution in [-0.2, 0) is 0 Å². The predicted molar refractivity (Wildman–Crippen MR) is 75.5 cm³/mol. The number of benzene rings is 1. The summed E-state index contributed by atoms with van der Waals surface area (Å²) in [5.41, 5.74) is 2.97. The lowest BCUT2D eigenvalue weighted by Gasteiger charge is -2.07. The Morgan fingerprint density at radius 3 is 2.82 bits per heavy atom. The van der Waals surface area contributed by atoms with Crippen LogP contribution in [0.3, 0.4) is 0 Å². The number of methoxy groups -OCH3 is 1. The van der Waals surface area contributed by atoms with Gasteiger partial charge in [0, 0.05) is 23.5 Å². The van der Waals surface area contributed by atoms with E-state index in [1.54, 1.807) is 19.5 Å². The molecule has 0 aliphatic carbocycles. The third-order valence-electron chi connectivity index (χ3n) is 3.33. The molecule has 0 bridgehead atoms. The number of rotatable bonds is 3. The van der Waals surface area contributed by atoms with Crippen LogP contribution >= 0.6 is 0 Å². The Hall–Kier alpha value is -3.16. The van der Waals surface area contributed by atoms with Crippen LogP contribution in [0.5, 0.6) is 17.2 Å². The molecule has 3 aromatic rings. The SMILES string of the molecule is COc1cc(-c2nn[nH]c2-c2cncnc2)cc2c1OCO2. The van der Waals surface area contributed by atoms with Crippen molar-refractivity contribution in [2.75, 3.05) is 13.9 Å². The van der Waals surface area contributed by atoms with Crippen LogP contribution in [0.2, 0.25) is 0 Å². The number of nitrogens with zero attached hydrogens (tertiary/aromatic N) is 4. The minimum absolute atomic E-state index is 0.174. The van der Waals surface area contributed by atoms with Crippen molar-refractivity contribution in [2.24, 2.45) is 0 Å². The molecule has 1 N–H and O–H groups in total. The number of fused-ring (bicyclic) bond motifs is 1. The van der Waals surface area contributed by atoms with Gasteiger partial charge in [-0.2, -0.15) is 0 Å². The Morgan fingerprint density at radius 2 is 2.00 bits per heavy atom. The van der Waals surface area contributed by atoms with Gasteiger partial charge in [-0.3, -0.25) is 5.10 Å². The molecule has 1 aliphatic heterocycles. The molecule has 2 aromatic heterocycles. The quantitative estimate of drug-likeness (QED) is 0.785. The fourth-order valence-corrected chi connectivity index (χ4v) is 2.33. The predicted octanol–water partition coefficient (Wildman–Crippen LogP) is 1.67. The van der Waals surface area contributed by atoms with Crippen molar-refractivity contribution in [3.63, 3.8) is 0 Å². The van der Waals surface area contributed by atoms with Crippen molar-refractivity contribution in [3.8, 4) is 39.8 Å². The van der Waals surface area contributed by atoms with Gasteiger partial charge in [0.05, 0.1) is 12.8 Å². The summed E-state index contributed by atoms with van der Waals surface area (Å²) in [6.07, 6.45) is 4.85. The number of ether oxygens (including phenoxy) is 3. The minimum atomic E-state index is 0.174. The molecule has 0 saturated carbocycles. The average molecular weight is 297 g/mol. The summed E-state index contributed by atoms with van der Waals surface area (Å²) < 4.78 is 16.2. The van der Waals surface area contributed by atoms with E-state index in [-0.39, 0.29) is 6.79 Å². The average Bonchev–Trinajstić information content (AvgIpc) is 3.23. The van der Waals surface area contributed by atoms with E-state index in [9.17, 15) is 0 Å². The zero-order valence-corrected chi connectivity index (χ0v) is 11.6.